The van der Waals surface area contributed by atoms with Gasteiger partial charge in [-0.05, 0) is 12.8 Å². The van der Waals surface area contributed by atoms with Gasteiger partial charge in [0, 0.05) is 24.4 Å². The van der Waals surface area contributed by atoms with Crippen molar-refractivity contribution in [1.29, 1.82) is 0 Å². The number of nitrogens with two attached hydrogens (primary N) is 1. The molecule has 2 unspecified atom stereocenters. The summed E-state index contributed by atoms with van der Waals surface area (Å²) < 4.78 is 5.18. The number of rotatable bonds is 2. The van der Waals surface area contributed by atoms with Gasteiger partial charge in [0.25, 0.3) is 0 Å². The van der Waals surface area contributed by atoms with Crippen molar-refractivity contribution in [3.05, 3.63) is 18.1 Å². The summed E-state index contributed by atoms with van der Waals surface area (Å²) in [6.45, 7) is 0. The summed E-state index contributed by atoms with van der Waals surface area (Å²) in [6.07, 6.45) is 6.68. The van der Waals surface area contributed by atoms with Gasteiger partial charge < -0.3 is 10.5 Å². The highest BCUT2D eigenvalue weighted by atomic mass is 16.5. The SMILES string of the molecule is COc1nccnc1C1CCCC1N. The van der Waals surface area contributed by atoms with E-state index in [1.807, 2.05) is 0 Å². The molecule has 14 heavy (non-hydrogen) atoms. The highest BCUT2D eigenvalue weighted by molar-refractivity contribution is 5.24. The van der Waals surface area contributed by atoms with E-state index in [2.05, 4.69) is 9.97 Å². The van der Waals surface area contributed by atoms with Crippen LogP contribution in [0.15, 0.2) is 12.4 Å². The molecular weight excluding hydrogens is 178 g/mol. The van der Waals surface area contributed by atoms with Gasteiger partial charge in [0.05, 0.1) is 7.11 Å². The molecule has 4 nitrogen and oxygen atoms in total. The first-order valence-electron chi connectivity index (χ1n) is 4.93. The Bertz CT molecular complexity index is 316. The minimum Gasteiger partial charge on any atom is -0.480 e. The van der Waals surface area contributed by atoms with Crippen molar-refractivity contribution < 1.29 is 4.74 Å². The summed E-state index contributed by atoms with van der Waals surface area (Å²) in [7, 11) is 1.62. The third-order valence-corrected chi connectivity index (χ3v) is 2.81. The Balaban J connectivity index is 2.30. The number of hydrogen-bond acceptors (Lipinski definition) is 4. The largest absolute Gasteiger partial charge is 0.480 e. The van der Waals surface area contributed by atoms with E-state index in [0.29, 0.717) is 11.8 Å². The van der Waals surface area contributed by atoms with Gasteiger partial charge in [-0.25, -0.2) is 4.98 Å². The molecule has 0 spiro atoms. The third kappa shape index (κ3) is 1.57. The van der Waals surface area contributed by atoms with E-state index in [1.165, 1.54) is 6.42 Å². The zero-order valence-electron chi connectivity index (χ0n) is 8.31. The maximum atomic E-state index is 6.01. The summed E-state index contributed by atoms with van der Waals surface area (Å²) in [6, 6.07) is 0.209. The quantitative estimate of drug-likeness (QED) is 0.763. The molecule has 1 saturated carbocycles. The maximum Gasteiger partial charge on any atom is 0.235 e. The molecular formula is C10H15N3O. The topological polar surface area (TPSA) is 61.0 Å². The van der Waals surface area contributed by atoms with Crippen LogP contribution in [-0.4, -0.2) is 23.1 Å². The molecule has 0 aromatic carbocycles. The minimum atomic E-state index is 0.209. The molecule has 4 heteroatoms. The van der Waals surface area contributed by atoms with Crippen LogP contribution in [0.2, 0.25) is 0 Å². The predicted octanol–water partition coefficient (Wildman–Crippen LogP) is 1.08. The molecule has 0 radical (unpaired) electrons. The molecule has 1 aromatic heterocycles. The molecule has 1 aromatic rings. The van der Waals surface area contributed by atoms with Gasteiger partial charge in [-0.2, -0.15) is 0 Å². The average Bonchev–Trinajstić information content (AvgIpc) is 2.64. The van der Waals surface area contributed by atoms with E-state index in [-0.39, 0.29) is 6.04 Å². The van der Waals surface area contributed by atoms with Crippen molar-refractivity contribution >= 4 is 0 Å². The Kier molecular flexibility index (Phi) is 2.63. The molecule has 1 fully saturated rings. The zero-order chi connectivity index (χ0) is 9.97. The number of hydrogen-bond donors (Lipinski definition) is 1. The summed E-state index contributed by atoms with van der Waals surface area (Å²) in [5, 5.41) is 0. The van der Waals surface area contributed by atoms with E-state index in [0.717, 1.165) is 18.5 Å². The smallest absolute Gasteiger partial charge is 0.235 e. The van der Waals surface area contributed by atoms with Crippen LogP contribution in [0.3, 0.4) is 0 Å². The first-order valence-corrected chi connectivity index (χ1v) is 4.93. The Labute approximate surface area is 83.5 Å². The molecule has 2 N–H and O–H groups in total. The normalized spacial score (nSPS) is 26.4. The molecule has 0 amide bonds. The molecule has 1 aliphatic rings. The van der Waals surface area contributed by atoms with Gasteiger partial charge in [-0.3, -0.25) is 4.98 Å². The van der Waals surface area contributed by atoms with Gasteiger partial charge >= 0.3 is 0 Å². The molecule has 76 valence electrons. The molecule has 2 rings (SSSR count). The first-order chi connectivity index (χ1) is 6.83. The zero-order valence-corrected chi connectivity index (χ0v) is 8.31. The van der Waals surface area contributed by atoms with Crippen molar-refractivity contribution in [3.8, 4) is 5.88 Å². The van der Waals surface area contributed by atoms with E-state index in [1.54, 1.807) is 19.5 Å². The fourth-order valence-corrected chi connectivity index (χ4v) is 2.08. The summed E-state index contributed by atoms with van der Waals surface area (Å²) in [4.78, 5) is 8.45. The van der Waals surface area contributed by atoms with Crippen LogP contribution >= 0.6 is 0 Å². The summed E-state index contributed by atoms with van der Waals surface area (Å²) in [5.74, 6) is 0.938. The molecule has 1 heterocycles. The van der Waals surface area contributed by atoms with Gasteiger partial charge in [0.1, 0.15) is 5.69 Å². The Morgan fingerprint density at radius 1 is 1.36 bits per heavy atom. The summed E-state index contributed by atoms with van der Waals surface area (Å²) in [5.41, 5.74) is 6.93. The van der Waals surface area contributed by atoms with Crippen LogP contribution in [0, 0.1) is 0 Å². The van der Waals surface area contributed by atoms with Crippen molar-refractivity contribution in [1.82, 2.24) is 9.97 Å². The Hall–Kier alpha value is -1.16. The molecule has 0 saturated heterocycles. The lowest BCUT2D eigenvalue weighted by molar-refractivity contribution is 0.381. The van der Waals surface area contributed by atoms with E-state index >= 15 is 0 Å². The second kappa shape index (κ2) is 3.92. The fraction of sp³-hybridized carbons (Fsp3) is 0.600. The first kappa shape index (κ1) is 9.40. The third-order valence-electron chi connectivity index (χ3n) is 2.81. The van der Waals surface area contributed by atoms with Crippen LogP contribution in [-0.2, 0) is 0 Å². The van der Waals surface area contributed by atoms with Crippen LogP contribution in [0.25, 0.3) is 0 Å². The lowest BCUT2D eigenvalue weighted by Crippen LogP contribution is -2.24. The van der Waals surface area contributed by atoms with Gasteiger partial charge in [0.2, 0.25) is 5.88 Å². The van der Waals surface area contributed by atoms with Gasteiger partial charge in [-0.1, -0.05) is 6.42 Å². The number of aromatic nitrogens is 2. The second-order valence-electron chi connectivity index (χ2n) is 3.65. The monoisotopic (exact) mass is 193 g/mol. The molecule has 0 bridgehead atoms. The lowest BCUT2D eigenvalue weighted by Gasteiger charge is -2.16. The van der Waals surface area contributed by atoms with Crippen LogP contribution in [0.5, 0.6) is 5.88 Å². The van der Waals surface area contributed by atoms with Crippen molar-refractivity contribution in [2.75, 3.05) is 7.11 Å². The maximum absolute atomic E-state index is 6.01. The number of methoxy groups -OCH3 is 1. The van der Waals surface area contributed by atoms with E-state index in [4.69, 9.17) is 10.5 Å². The molecule has 1 aliphatic carbocycles. The second-order valence-corrected chi connectivity index (χ2v) is 3.65. The highest BCUT2D eigenvalue weighted by Crippen LogP contribution is 2.35. The average molecular weight is 193 g/mol. The highest BCUT2D eigenvalue weighted by Gasteiger charge is 2.29. The minimum absolute atomic E-state index is 0.209. The molecule has 2 atom stereocenters. The van der Waals surface area contributed by atoms with Gasteiger partial charge in [0.15, 0.2) is 0 Å². The Morgan fingerprint density at radius 3 is 2.79 bits per heavy atom. The van der Waals surface area contributed by atoms with E-state index in [9.17, 15) is 0 Å². The molecule has 0 aliphatic heterocycles. The van der Waals surface area contributed by atoms with Crippen LogP contribution in [0.4, 0.5) is 0 Å². The fourth-order valence-electron chi connectivity index (χ4n) is 2.08. The number of nitrogens with zero attached hydrogens (tertiary/aromatic N) is 2. The van der Waals surface area contributed by atoms with Crippen molar-refractivity contribution in [3.63, 3.8) is 0 Å². The van der Waals surface area contributed by atoms with Gasteiger partial charge in [-0.15, -0.1) is 0 Å². The number of ether oxygens (including phenoxy) is 1. The van der Waals surface area contributed by atoms with Crippen LogP contribution < -0.4 is 10.5 Å². The Morgan fingerprint density at radius 2 is 2.14 bits per heavy atom. The van der Waals surface area contributed by atoms with Crippen molar-refractivity contribution in [2.45, 2.75) is 31.2 Å². The lowest BCUT2D eigenvalue weighted by atomic mass is 10.0. The van der Waals surface area contributed by atoms with Crippen LogP contribution in [0.1, 0.15) is 30.9 Å². The summed E-state index contributed by atoms with van der Waals surface area (Å²) >= 11 is 0. The predicted molar refractivity (Wildman–Crippen MR) is 53.2 cm³/mol. The van der Waals surface area contributed by atoms with Crippen molar-refractivity contribution in [2.24, 2.45) is 5.73 Å². The van der Waals surface area contributed by atoms with E-state index < -0.39 is 0 Å². The standard InChI is InChI=1S/C10H15N3O/c1-14-10-9(12-5-6-13-10)7-3-2-4-8(7)11/h5-8H,2-4,11H2,1H3.